The van der Waals surface area contributed by atoms with Crippen molar-refractivity contribution in [3.63, 3.8) is 0 Å². The summed E-state index contributed by atoms with van der Waals surface area (Å²) >= 11 is 0. The number of hydrogen-bond donors (Lipinski definition) is 1. The highest BCUT2D eigenvalue weighted by molar-refractivity contribution is 6.05. The lowest BCUT2D eigenvalue weighted by Gasteiger charge is -2.26. The van der Waals surface area contributed by atoms with Crippen LogP contribution >= 0.6 is 0 Å². The predicted molar refractivity (Wildman–Crippen MR) is 51.0 cm³/mol. The first kappa shape index (κ1) is 6.95. The summed E-state index contributed by atoms with van der Waals surface area (Å²) in [5.74, 6) is 0.240. The molecule has 0 saturated carbocycles. The third-order valence-corrected chi connectivity index (χ3v) is 2.68. The minimum Gasteiger partial charge on any atom is -0.382 e. The van der Waals surface area contributed by atoms with Crippen LogP contribution in [0.5, 0.6) is 0 Å². The van der Waals surface area contributed by atoms with Gasteiger partial charge in [-0.15, -0.1) is 0 Å². The SMILES string of the molecule is O=C1Cc2cccc3c2N1CCN3. The average molecular weight is 174 g/mol. The minimum atomic E-state index is 0.240. The molecule has 0 spiro atoms. The van der Waals surface area contributed by atoms with Gasteiger partial charge in [-0.2, -0.15) is 0 Å². The Kier molecular flexibility index (Phi) is 1.20. The Morgan fingerprint density at radius 3 is 3.23 bits per heavy atom. The Morgan fingerprint density at radius 2 is 2.31 bits per heavy atom. The first-order valence-corrected chi connectivity index (χ1v) is 4.52. The van der Waals surface area contributed by atoms with E-state index in [1.165, 1.54) is 0 Å². The monoisotopic (exact) mass is 174 g/mol. The van der Waals surface area contributed by atoms with Gasteiger partial charge in [0.1, 0.15) is 0 Å². The lowest BCUT2D eigenvalue weighted by Crippen LogP contribution is -2.35. The zero-order chi connectivity index (χ0) is 8.84. The Balaban J connectivity index is 2.25. The van der Waals surface area contributed by atoms with Crippen LogP contribution in [0.15, 0.2) is 18.2 Å². The molecule has 66 valence electrons. The van der Waals surface area contributed by atoms with E-state index in [0.29, 0.717) is 6.42 Å². The Labute approximate surface area is 76.4 Å². The Hall–Kier alpha value is -1.51. The molecule has 1 amide bonds. The largest absolute Gasteiger partial charge is 0.382 e. The van der Waals surface area contributed by atoms with Gasteiger partial charge >= 0.3 is 0 Å². The number of carbonyl (C=O) groups excluding carboxylic acids is 1. The number of amides is 1. The molecular weight excluding hydrogens is 164 g/mol. The van der Waals surface area contributed by atoms with E-state index in [9.17, 15) is 4.79 Å². The summed E-state index contributed by atoms with van der Waals surface area (Å²) < 4.78 is 0. The van der Waals surface area contributed by atoms with Crippen molar-refractivity contribution < 1.29 is 4.79 Å². The summed E-state index contributed by atoms with van der Waals surface area (Å²) in [6.07, 6.45) is 0.574. The topological polar surface area (TPSA) is 32.3 Å². The maximum absolute atomic E-state index is 11.5. The van der Waals surface area contributed by atoms with Crippen LogP contribution in [0.3, 0.4) is 0 Å². The van der Waals surface area contributed by atoms with E-state index in [1.54, 1.807) is 0 Å². The fourth-order valence-electron chi connectivity index (χ4n) is 2.12. The highest BCUT2D eigenvalue weighted by Crippen LogP contribution is 2.37. The fraction of sp³-hybridized carbons (Fsp3) is 0.300. The third kappa shape index (κ3) is 0.813. The van der Waals surface area contributed by atoms with Gasteiger partial charge in [0.05, 0.1) is 17.8 Å². The number of anilines is 2. The van der Waals surface area contributed by atoms with Crippen molar-refractivity contribution >= 4 is 17.3 Å². The van der Waals surface area contributed by atoms with Crippen molar-refractivity contribution in [1.29, 1.82) is 0 Å². The molecule has 3 nitrogen and oxygen atoms in total. The third-order valence-electron chi connectivity index (χ3n) is 2.68. The van der Waals surface area contributed by atoms with E-state index < -0.39 is 0 Å². The van der Waals surface area contributed by atoms with Crippen LogP contribution in [-0.2, 0) is 11.2 Å². The molecule has 0 aromatic heterocycles. The molecule has 1 N–H and O–H groups in total. The Bertz CT molecular complexity index is 387. The molecule has 0 atom stereocenters. The van der Waals surface area contributed by atoms with Crippen molar-refractivity contribution in [1.82, 2.24) is 0 Å². The van der Waals surface area contributed by atoms with E-state index >= 15 is 0 Å². The van der Waals surface area contributed by atoms with Crippen LogP contribution in [0.2, 0.25) is 0 Å². The first-order chi connectivity index (χ1) is 6.36. The lowest BCUT2D eigenvalue weighted by atomic mass is 10.1. The highest BCUT2D eigenvalue weighted by atomic mass is 16.2. The van der Waals surface area contributed by atoms with Crippen molar-refractivity contribution in [2.45, 2.75) is 6.42 Å². The summed E-state index contributed by atoms with van der Waals surface area (Å²) in [7, 11) is 0. The molecule has 0 radical (unpaired) electrons. The normalized spacial score (nSPS) is 18.5. The van der Waals surface area contributed by atoms with Gasteiger partial charge in [-0.3, -0.25) is 4.79 Å². The zero-order valence-corrected chi connectivity index (χ0v) is 7.21. The minimum absolute atomic E-state index is 0.240. The second-order valence-electron chi connectivity index (χ2n) is 3.46. The van der Waals surface area contributed by atoms with E-state index in [4.69, 9.17) is 0 Å². The van der Waals surface area contributed by atoms with Crippen LogP contribution in [0, 0.1) is 0 Å². The quantitative estimate of drug-likeness (QED) is 0.636. The molecule has 0 fully saturated rings. The number of carbonyl (C=O) groups is 1. The summed E-state index contributed by atoms with van der Waals surface area (Å²) in [5, 5.41) is 3.30. The maximum atomic E-state index is 11.5. The van der Waals surface area contributed by atoms with Crippen LogP contribution in [0.1, 0.15) is 5.56 Å². The van der Waals surface area contributed by atoms with Gasteiger partial charge in [-0.1, -0.05) is 12.1 Å². The van der Waals surface area contributed by atoms with E-state index in [-0.39, 0.29) is 5.91 Å². The fourth-order valence-corrected chi connectivity index (χ4v) is 2.12. The number of hydrogen-bond acceptors (Lipinski definition) is 2. The summed E-state index contributed by atoms with van der Waals surface area (Å²) in [6, 6.07) is 6.07. The summed E-state index contributed by atoms with van der Waals surface area (Å²) in [6.45, 7) is 1.67. The number of para-hydroxylation sites is 1. The molecule has 0 aliphatic carbocycles. The number of nitrogens with one attached hydrogen (secondary N) is 1. The molecular formula is C10H10N2O. The van der Waals surface area contributed by atoms with Gasteiger partial charge in [0.2, 0.25) is 5.91 Å². The van der Waals surface area contributed by atoms with Gasteiger partial charge in [0.15, 0.2) is 0 Å². The van der Waals surface area contributed by atoms with Crippen molar-refractivity contribution in [3.8, 4) is 0 Å². The standard InChI is InChI=1S/C10H10N2O/c13-9-6-7-2-1-3-8-10(7)12(9)5-4-11-8/h1-3,11H,4-6H2. The van der Waals surface area contributed by atoms with Crippen LogP contribution in [-0.4, -0.2) is 19.0 Å². The van der Waals surface area contributed by atoms with Gasteiger partial charge in [0, 0.05) is 13.1 Å². The maximum Gasteiger partial charge on any atom is 0.231 e. The molecule has 0 bridgehead atoms. The average Bonchev–Trinajstić information content (AvgIpc) is 2.47. The molecule has 0 unspecified atom stereocenters. The zero-order valence-electron chi connectivity index (χ0n) is 7.21. The second kappa shape index (κ2) is 2.25. The summed E-state index contributed by atoms with van der Waals surface area (Å²) in [4.78, 5) is 13.4. The Morgan fingerprint density at radius 1 is 1.38 bits per heavy atom. The van der Waals surface area contributed by atoms with Crippen molar-refractivity contribution in [2.24, 2.45) is 0 Å². The van der Waals surface area contributed by atoms with E-state index in [1.807, 2.05) is 23.1 Å². The van der Waals surface area contributed by atoms with Gasteiger partial charge in [-0.05, 0) is 11.6 Å². The molecule has 0 saturated heterocycles. The molecule has 1 aromatic carbocycles. The molecule has 3 rings (SSSR count). The number of benzene rings is 1. The van der Waals surface area contributed by atoms with E-state index in [0.717, 1.165) is 30.0 Å². The molecule has 3 heteroatoms. The van der Waals surface area contributed by atoms with Crippen LogP contribution < -0.4 is 10.2 Å². The molecule has 1 aromatic rings. The second-order valence-corrected chi connectivity index (χ2v) is 3.46. The lowest BCUT2D eigenvalue weighted by molar-refractivity contribution is -0.117. The molecule has 13 heavy (non-hydrogen) atoms. The predicted octanol–water partition coefficient (Wildman–Crippen LogP) is 1.00. The summed E-state index contributed by atoms with van der Waals surface area (Å²) in [5.41, 5.74) is 3.38. The smallest absolute Gasteiger partial charge is 0.231 e. The van der Waals surface area contributed by atoms with Gasteiger partial charge < -0.3 is 10.2 Å². The number of rotatable bonds is 0. The number of nitrogens with zero attached hydrogens (tertiary/aromatic N) is 1. The van der Waals surface area contributed by atoms with Crippen molar-refractivity contribution in [2.75, 3.05) is 23.3 Å². The molecule has 2 aliphatic heterocycles. The molecule has 2 aliphatic rings. The van der Waals surface area contributed by atoms with Crippen molar-refractivity contribution in [3.05, 3.63) is 23.8 Å². The van der Waals surface area contributed by atoms with Crippen LogP contribution in [0.4, 0.5) is 11.4 Å². The first-order valence-electron chi connectivity index (χ1n) is 4.52. The van der Waals surface area contributed by atoms with Crippen LogP contribution in [0.25, 0.3) is 0 Å². The highest BCUT2D eigenvalue weighted by Gasteiger charge is 2.31. The van der Waals surface area contributed by atoms with Gasteiger partial charge in [0.25, 0.3) is 0 Å². The van der Waals surface area contributed by atoms with E-state index in [2.05, 4.69) is 5.32 Å². The van der Waals surface area contributed by atoms with Gasteiger partial charge in [-0.25, -0.2) is 0 Å². The molecule has 2 heterocycles.